The van der Waals surface area contributed by atoms with Crippen molar-refractivity contribution in [1.82, 2.24) is 9.80 Å². The lowest BCUT2D eigenvalue weighted by Crippen LogP contribution is -2.52. The maximum absolute atomic E-state index is 13.1. The Hall–Kier alpha value is -1.17. The monoisotopic (exact) mass is 300 g/mol. The van der Waals surface area contributed by atoms with Crippen LogP contribution in [0.1, 0.15) is 10.4 Å². The zero-order valence-electron chi connectivity index (χ0n) is 11.6. The smallest absolute Gasteiger partial charge is 0.255 e. The number of hydrogen-bond acceptors (Lipinski definition) is 3. The van der Waals surface area contributed by atoms with Gasteiger partial charge in [-0.1, -0.05) is 11.6 Å². The second-order valence-electron chi connectivity index (χ2n) is 5.11. The van der Waals surface area contributed by atoms with E-state index in [1.165, 1.54) is 12.1 Å². The number of carbonyl (C=O) groups excluding carboxylic acids is 1. The molecule has 6 heteroatoms. The maximum atomic E-state index is 13.1. The van der Waals surface area contributed by atoms with Gasteiger partial charge in [-0.15, -0.1) is 0 Å². The van der Waals surface area contributed by atoms with E-state index in [9.17, 15) is 9.18 Å². The quantitative estimate of drug-likeness (QED) is 0.854. The molecule has 1 aromatic rings. The Morgan fingerprint density at radius 1 is 1.55 bits per heavy atom. The van der Waals surface area contributed by atoms with E-state index in [0.29, 0.717) is 31.9 Å². The second kappa shape index (κ2) is 6.52. The van der Waals surface area contributed by atoms with Gasteiger partial charge in [0, 0.05) is 13.1 Å². The van der Waals surface area contributed by atoms with Crippen LogP contribution >= 0.6 is 11.6 Å². The van der Waals surface area contributed by atoms with Crippen LogP contribution in [0.25, 0.3) is 0 Å². The molecule has 1 heterocycles. The molecule has 1 saturated heterocycles. The van der Waals surface area contributed by atoms with Crippen LogP contribution in [0, 0.1) is 5.82 Å². The molecule has 1 unspecified atom stereocenters. The summed E-state index contributed by atoms with van der Waals surface area (Å²) in [6.45, 7) is 2.24. The van der Waals surface area contributed by atoms with Crippen molar-refractivity contribution in [3.8, 4) is 0 Å². The first-order chi connectivity index (χ1) is 9.49. The summed E-state index contributed by atoms with van der Waals surface area (Å²) >= 11 is 5.97. The fraction of sp³-hybridized carbons (Fsp3) is 0.500. The van der Waals surface area contributed by atoms with Crippen LogP contribution in [-0.4, -0.2) is 62.1 Å². The highest BCUT2D eigenvalue weighted by atomic mass is 35.5. The van der Waals surface area contributed by atoms with Crippen molar-refractivity contribution < 1.29 is 13.9 Å². The number of rotatable bonds is 3. The van der Waals surface area contributed by atoms with E-state index >= 15 is 0 Å². The third-order valence-corrected chi connectivity index (χ3v) is 3.54. The van der Waals surface area contributed by atoms with E-state index in [-0.39, 0.29) is 17.0 Å². The first-order valence-corrected chi connectivity index (χ1v) is 6.85. The van der Waals surface area contributed by atoms with Crippen molar-refractivity contribution in [2.24, 2.45) is 0 Å². The van der Waals surface area contributed by atoms with Crippen LogP contribution in [0.4, 0.5) is 4.39 Å². The summed E-state index contributed by atoms with van der Waals surface area (Å²) in [5, 5.41) is 0.144. The van der Waals surface area contributed by atoms with Crippen LogP contribution in [0.3, 0.4) is 0 Å². The molecule has 1 aliphatic heterocycles. The van der Waals surface area contributed by atoms with Crippen LogP contribution in [0.5, 0.6) is 0 Å². The Morgan fingerprint density at radius 2 is 2.30 bits per heavy atom. The van der Waals surface area contributed by atoms with Gasteiger partial charge in [-0.25, -0.2) is 4.39 Å². The summed E-state index contributed by atoms with van der Waals surface area (Å²) < 4.78 is 18.5. The van der Waals surface area contributed by atoms with Gasteiger partial charge in [0.1, 0.15) is 5.82 Å². The van der Waals surface area contributed by atoms with Crippen LogP contribution in [0.2, 0.25) is 5.02 Å². The number of morpholine rings is 1. The number of nitrogens with zero attached hydrogens (tertiary/aromatic N) is 2. The number of amides is 1. The zero-order valence-corrected chi connectivity index (χ0v) is 12.4. The summed E-state index contributed by atoms with van der Waals surface area (Å²) in [6.07, 6.45) is 0. The van der Waals surface area contributed by atoms with Gasteiger partial charge in [-0.2, -0.15) is 0 Å². The highest BCUT2D eigenvalue weighted by molar-refractivity contribution is 6.33. The summed E-state index contributed by atoms with van der Waals surface area (Å²) in [4.78, 5) is 16.3. The van der Waals surface area contributed by atoms with Gasteiger partial charge in [0.25, 0.3) is 5.91 Å². The number of carbonyl (C=O) groups is 1. The molecule has 0 aliphatic carbocycles. The van der Waals surface area contributed by atoms with Crippen molar-refractivity contribution in [3.63, 3.8) is 0 Å². The number of ether oxygens (including phenoxy) is 1. The van der Waals surface area contributed by atoms with Crippen molar-refractivity contribution in [3.05, 3.63) is 34.6 Å². The van der Waals surface area contributed by atoms with E-state index in [0.717, 1.165) is 6.07 Å². The Bertz CT molecular complexity index is 496. The summed E-state index contributed by atoms with van der Waals surface area (Å²) in [5.74, 6) is -0.622. The molecule has 110 valence electrons. The predicted octanol–water partition coefficient (Wildman–Crippen LogP) is 1.88. The van der Waals surface area contributed by atoms with Crippen LogP contribution in [0.15, 0.2) is 18.2 Å². The summed E-state index contributed by atoms with van der Waals surface area (Å²) in [6, 6.07) is 3.83. The van der Waals surface area contributed by atoms with Crippen molar-refractivity contribution >= 4 is 17.5 Å². The van der Waals surface area contributed by atoms with Crippen molar-refractivity contribution in [1.29, 1.82) is 0 Å². The largest absolute Gasteiger partial charge is 0.377 e. The highest BCUT2D eigenvalue weighted by Gasteiger charge is 2.29. The van der Waals surface area contributed by atoms with E-state index in [4.69, 9.17) is 16.3 Å². The first kappa shape index (κ1) is 15.2. The normalized spacial score (nSPS) is 19.4. The molecule has 0 bridgehead atoms. The minimum absolute atomic E-state index is 0.0210. The van der Waals surface area contributed by atoms with E-state index in [1.807, 2.05) is 19.0 Å². The molecule has 0 N–H and O–H groups in total. The average molecular weight is 301 g/mol. The SMILES string of the molecule is CN(C)CC1COCCN1C(=O)c1ccc(F)cc1Cl. The van der Waals surface area contributed by atoms with E-state index in [2.05, 4.69) is 0 Å². The lowest BCUT2D eigenvalue weighted by atomic mass is 10.1. The van der Waals surface area contributed by atoms with E-state index < -0.39 is 5.82 Å². The molecular weight excluding hydrogens is 283 g/mol. The summed E-state index contributed by atoms with van der Waals surface area (Å²) in [7, 11) is 3.89. The third-order valence-electron chi connectivity index (χ3n) is 3.23. The first-order valence-electron chi connectivity index (χ1n) is 6.47. The standard InChI is InChI=1S/C14H18ClFN2O2/c1-17(2)8-11-9-20-6-5-18(11)14(19)12-4-3-10(16)7-13(12)15/h3-4,7,11H,5-6,8-9H2,1-2H3. The Labute approximate surface area is 123 Å². The van der Waals surface area contributed by atoms with Gasteiger partial charge < -0.3 is 14.5 Å². The summed E-state index contributed by atoms with van der Waals surface area (Å²) in [5.41, 5.74) is 0.332. The predicted molar refractivity (Wildman–Crippen MR) is 75.6 cm³/mol. The number of benzene rings is 1. The van der Waals surface area contributed by atoms with Gasteiger partial charge >= 0.3 is 0 Å². The molecule has 4 nitrogen and oxygen atoms in total. The number of hydrogen-bond donors (Lipinski definition) is 0. The molecule has 1 fully saturated rings. The minimum Gasteiger partial charge on any atom is -0.377 e. The topological polar surface area (TPSA) is 32.8 Å². The molecule has 1 aromatic carbocycles. The highest BCUT2D eigenvalue weighted by Crippen LogP contribution is 2.21. The van der Waals surface area contributed by atoms with Crippen molar-refractivity contribution in [2.45, 2.75) is 6.04 Å². The fourth-order valence-electron chi connectivity index (χ4n) is 2.31. The Balaban J connectivity index is 2.20. The van der Waals surface area contributed by atoms with Gasteiger partial charge in [0.2, 0.25) is 0 Å². The minimum atomic E-state index is -0.446. The number of likely N-dealkylation sites (N-methyl/N-ethyl adjacent to an activating group) is 1. The zero-order chi connectivity index (χ0) is 14.7. The molecule has 1 aliphatic rings. The van der Waals surface area contributed by atoms with Gasteiger partial charge in [-0.3, -0.25) is 4.79 Å². The lowest BCUT2D eigenvalue weighted by molar-refractivity contribution is -0.00829. The molecule has 0 aromatic heterocycles. The van der Waals surface area contributed by atoms with Gasteiger partial charge in [0.05, 0.1) is 29.8 Å². The Morgan fingerprint density at radius 3 is 2.95 bits per heavy atom. The van der Waals surface area contributed by atoms with Gasteiger partial charge in [-0.05, 0) is 32.3 Å². The van der Waals surface area contributed by atoms with Crippen molar-refractivity contribution in [2.75, 3.05) is 40.4 Å². The maximum Gasteiger partial charge on any atom is 0.255 e. The molecule has 2 rings (SSSR count). The molecule has 0 spiro atoms. The lowest BCUT2D eigenvalue weighted by Gasteiger charge is -2.37. The third kappa shape index (κ3) is 3.48. The van der Waals surface area contributed by atoms with Gasteiger partial charge in [0.15, 0.2) is 0 Å². The fourth-order valence-corrected chi connectivity index (χ4v) is 2.56. The Kier molecular flexibility index (Phi) is 4.96. The molecular formula is C14H18ClFN2O2. The molecule has 1 atom stereocenters. The second-order valence-corrected chi connectivity index (χ2v) is 5.52. The molecule has 20 heavy (non-hydrogen) atoms. The van der Waals surface area contributed by atoms with Crippen LogP contribution in [-0.2, 0) is 4.74 Å². The molecule has 0 saturated carbocycles. The van der Waals surface area contributed by atoms with E-state index in [1.54, 1.807) is 4.90 Å². The van der Waals surface area contributed by atoms with Crippen LogP contribution < -0.4 is 0 Å². The molecule has 1 amide bonds. The number of halogens is 2. The molecule has 0 radical (unpaired) electrons. The average Bonchev–Trinajstić information content (AvgIpc) is 2.38.